The predicted octanol–water partition coefficient (Wildman–Crippen LogP) is 4.36. The van der Waals surface area contributed by atoms with Crippen molar-refractivity contribution in [3.05, 3.63) is 58.7 Å². The van der Waals surface area contributed by atoms with Crippen LogP contribution in [0.25, 0.3) is 5.57 Å². The molecule has 7 nitrogen and oxygen atoms in total. The molecule has 0 fully saturated rings. The van der Waals surface area contributed by atoms with Crippen LogP contribution in [0.4, 0.5) is 5.69 Å². The number of hydrogen-bond acceptors (Lipinski definition) is 6. The highest BCUT2D eigenvalue weighted by Gasteiger charge is 2.39. The van der Waals surface area contributed by atoms with Crippen LogP contribution in [0.3, 0.4) is 0 Å². The summed E-state index contributed by atoms with van der Waals surface area (Å²) in [4.78, 5) is 27.7. The minimum atomic E-state index is -0.391. The van der Waals surface area contributed by atoms with Crippen LogP contribution in [0, 0.1) is 0 Å². The van der Waals surface area contributed by atoms with Crippen LogP contribution in [0.15, 0.2) is 48.2 Å². The number of rotatable bonds is 10. The van der Waals surface area contributed by atoms with Gasteiger partial charge in [-0.1, -0.05) is 23.7 Å². The number of carbonyl (C=O) groups is 2. The Labute approximate surface area is 192 Å². The molecule has 1 aliphatic heterocycles. The third-order valence-corrected chi connectivity index (χ3v) is 5.24. The second-order valence-electron chi connectivity index (χ2n) is 7.49. The van der Waals surface area contributed by atoms with Crippen molar-refractivity contribution >= 4 is 34.7 Å². The van der Waals surface area contributed by atoms with Crippen molar-refractivity contribution < 1.29 is 23.8 Å². The van der Waals surface area contributed by atoms with Gasteiger partial charge in [-0.3, -0.25) is 14.5 Å². The lowest BCUT2D eigenvalue weighted by Gasteiger charge is -2.16. The lowest BCUT2D eigenvalue weighted by atomic mass is 10.0. The smallest absolute Gasteiger partial charge is 0.278 e. The molecule has 2 aromatic rings. The number of benzene rings is 2. The Hall–Kier alpha value is -3.03. The second-order valence-corrected chi connectivity index (χ2v) is 7.90. The zero-order chi connectivity index (χ0) is 23.3. The Kier molecular flexibility index (Phi) is 7.77. The third kappa shape index (κ3) is 5.23. The van der Waals surface area contributed by atoms with Gasteiger partial charge in [0.2, 0.25) is 0 Å². The van der Waals surface area contributed by atoms with Gasteiger partial charge in [-0.15, -0.1) is 0 Å². The van der Waals surface area contributed by atoms with E-state index in [-0.39, 0.29) is 24.3 Å². The van der Waals surface area contributed by atoms with Crippen LogP contribution >= 0.6 is 11.6 Å². The average molecular weight is 459 g/mol. The second kappa shape index (κ2) is 10.5. The van der Waals surface area contributed by atoms with E-state index in [1.54, 1.807) is 49.6 Å². The summed E-state index contributed by atoms with van der Waals surface area (Å²) in [6.45, 7) is 4.61. The van der Waals surface area contributed by atoms with Crippen LogP contribution in [0.1, 0.15) is 25.8 Å². The van der Waals surface area contributed by atoms with Gasteiger partial charge in [0.05, 0.1) is 30.9 Å². The third-order valence-electron chi connectivity index (χ3n) is 4.95. The maximum absolute atomic E-state index is 13.3. The lowest BCUT2D eigenvalue weighted by Crippen LogP contribution is -2.34. The molecule has 2 amide bonds. The van der Waals surface area contributed by atoms with Gasteiger partial charge in [-0.25, -0.2) is 0 Å². The van der Waals surface area contributed by atoms with Crippen LogP contribution in [0.2, 0.25) is 5.02 Å². The first-order valence-electron chi connectivity index (χ1n) is 10.3. The molecule has 0 atom stereocenters. The maximum Gasteiger partial charge on any atom is 0.278 e. The molecule has 170 valence electrons. The molecule has 1 aliphatic rings. The zero-order valence-corrected chi connectivity index (χ0v) is 19.4. The highest BCUT2D eigenvalue weighted by Crippen LogP contribution is 2.33. The fourth-order valence-electron chi connectivity index (χ4n) is 3.35. The van der Waals surface area contributed by atoms with Crippen molar-refractivity contribution in [3.8, 4) is 11.5 Å². The highest BCUT2D eigenvalue weighted by atomic mass is 35.5. The van der Waals surface area contributed by atoms with E-state index in [0.717, 1.165) is 0 Å². The van der Waals surface area contributed by atoms with E-state index in [1.165, 1.54) is 12.0 Å². The molecule has 0 bridgehead atoms. The maximum atomic E-state index is 13.3. The topological polar surface area (TPSA) is 77.1 Å². The van der Waals surface area contributed by atoms with E-state index in [2.05, 4.69) is 5.32 Å². The number of nitrogens with one attached hydrogen (secondary N) is 1. The molecule has 0 aliphatic carbocycles. The van der Waals surface area contributed by atoms with Crippen LogP contribution < -0.4 is 14.8 Å². The van der Waals surface area contributed by atoms with Crippen LogP contribution in [-0.2, 0) is 14.3 Å². The summed E-state index contributed by atoms with van der Waals surface area (Å²) in [5.74, 6) is 0.427. The summed E-state index contributed by atoms with van der Waals surface area (Å²) >= 11 is 6.23. The Morgan fingerprint density at radius 2 is 1.72 bits per heavy atom. The number of ether oxygens (including phenoxy) is 3. The summed E-state index contributed by atoms with van der Waals surface area (Å²) in [5.41, 5.74) is 1.69. The fraction of sp³-hybridized carbons (Fsp3) is 0.333. The van der Waals surface area contributed by atoms with Gasteiger partial charge in [0, 0.05) is 18.8 Å². The van der Waals surface area contributed by atoms with E-state index >= 15 is 0 Å². The molecule has 0 aromatic heterocycles. The van der Waals surface area contributed by atoms with E-state index in [9.17, 15) is 9.59 Å². The Balaban J connectivity index is 1.92. The summed E-state index contributed by atoms with van der Waals surface area (Å²) in [7, 11) is 3.10. The minimum Gasteiger partial charge on any atom is -0.497 e. The van der Waals surface area contributed by atoms with Gasteiger partial charge in [-0.2, -0.15) is 0 Å². The standard InChI is InChI=1S/C24H27ClN2O5/c1-15(2)32-13-5-12-27-23(28)21(16-6-9-18(30-3)10-7-16)22(24(27)29)26-17-8-11-20(31-4)19(25)14-17/h6-11,14-15,26H,5,12-13H2,1-4H3. The molecule has 0 saturated carbocycles. The first-order chi connectivity index (χ1) is 15.3. The largest absolute Gasteiger partial charge is 0.497 e. The number of hydrogen-bond donors (Lipinski definition) is 1. The average Bonchev–Trinajstić information content (AvgIpc) is 3.00. The number of methoxy groups -OCH3 is 2. The number of anilines is 1. The van der Waals surface area contributed by atoms with E-state index in [0.29, 0.717) is 46.4 Å². The normalized spacial score (nSPS) is 13.9. The van der Waals surface area contributed by atoms with Gasteiger partial charge in [0.1, 0.15) is 17.2 Å². The number of halogens is 1. The SMILES string of the molecule is COc1ccc(C2=C(Nc3ccc(OC)c(Cl)c3)C(=O)N(CCCOC(C)C)C2=O)cc1. The van der Waals surface area contributed by atoms with Gasteiger partial charge in [-0.05, 0) is 56.2 Å². The van der Waals surface area contributed by atoms with Gasteiger partial charge in [0.25, 0.3) is 11.8 Å². The molecule has 0 spiro atoms. The van der Waals surface area contributed by atoms with E-state index in [4.69, 9.17) is 25.8 Å². The number of carbonyl (C=O) groups excluding carboxylic acids is 2. The van der Waals surface area contributed by atoms with Crippen molar-refractivity contribution in [2.45, 2.75) is 26.4 Å². The highest BCUT2D eigenvalue weighted by molar-refractivity contribution is 6.36. The fourth-order valence-corrected chi connectivity index (χ4v) is 3.61. The molecule has 1 N–H and O–H groups in total. The summed E-state index contributed by atoms with van der Waals surface area (Å²) in [6.07, 6.45) is 0.637. The van der Waals surface area contributed by atoms with Crippen molar-refractivity contribution in [2.24, 2.45) is 0 Å². The summed E-state index contributed by atoms with van der Waals surface area (Å²) < 4.78 is 15.9. The zero-order valence-electron chi connectivity index (χ0n) is 18.6. The van der Waals surface area contributed by atoms with Crippen molar-refractivity contribution in [2.75, 3.05) is 32.7 Å². The molecule has 0 unspecified atom stereocenters. The van der Waals surface area contributed by atoms with E-state index < -0.39 is 5.91 Å². The molecule has 0 radical (unpaired) electrons. The molecule has 32 heavy (non-hydrogen) atoms. The Morgan fingerprint density at radius 1 is 1.00 bits per heavy atom. The Bertz CT molecular complexity index is 1020. The van der Waals surface area contributed by atoms with Crippen molar-refractivity contribution in [1.29, 1.82) is 0 Å². The lowest BCUT2D eigenvalue weighted by molar-refractivity contribution is -0.137. The first-order valence-corrected chi connectivity index (χ1v) is 10.7. The molecular weight excluding hydrogens is 432 g/mol. The van der Waals surface area contributed by atoms with Crippen molar-refractivity contribution in [3.63, 3.8) is 0 Å². The number of amides is 2. The van der Waals surface area contributed by atoms with Gasteiger partial charge in [0.15, 0.2) is 0 Å². The predicted molar refractivity (Wildman–Crippen MR) is 124 cm³/mol. The van der Waals surface area contributed by atoms with E-state index in [1.807, 2.05) is 13.8 Å². The molecule has 1 heterocycles. The summed E-state index contributed by atoms with van der Waals surface area (Å²) in [6, 6.07) is 12.1. The molecule has 8 heteroatoms. The van der Waals surface area contributed by atoms with Gasteiger partial charge >= 0.3 is 0 Å². The van der Waals surface area contributed by atoms with Gasteiger partial charge < -0.3 is 19.5 Å². The monoisotopic (exact) mass is 458 g/mol. The van der Waals surface area contributed by atoms with Crippen LogP contribution in [0.5, 0.6) is 11.5 Å². The Morgan fingerprint density at radius 3 is 2.31 bits per heavy atom. The first kappa shape index (κ1) is 23.6. The quantitative estimate of drug-likeness (QED) is 0.421. The number of imide groups is 1. The molecular formula is C24H27ClN2O5. The van der Waals surface area contributed by atoms with Crippen molar-refractivity contribution in [1.82, 2.24) is 4.90 Å². The molecule has 0 saturated heterocycles. The molecule has 3 rings (SSSR count). The van der Waals surface area contributed by atoms with Crippen LogP contribution in [-0.4, -0.2) is 50.2 Å². The minimum absolute atomic E-state index is 0.0880. The number of nitrogens with zero attached hydrogens (tertiary/aromatic N) is 1. The molecule has 2 aromatic carbocycles. The summed E-state index contributed by atoms with van der Waals surface area (Å²) in [5, 5.41) is 3.49.